The number of rotatable bonds is 7. The molecule has 0 aromatic heterocycles. The second-order valence-corrected chi connectivity index (χ2v) is 4.37. The van der Waals surface area contributed by atoms with Gasteiger partial charge in [0.2, 0.25) is 0 Å². The summed E-state index contributed by atoms with van der Waals surface area (Å²) in [6.07, 6.45) is 8.41. The molecule has 0 aliphatic rings. The molecule has 0 rings (SSSR count). The second-order valence-electron chi connectivity index (χ2n) is 4.37. The smallest absolute Gasteiger partial charge is 0.0443 e. The third-order valence-corrected chi connectivity index (χ3v) is 2.72. The molecule has 0 radical (unpaired) electrons. The fourth-order valence-electron chi connectivity index (χ4n) is 1.84. The number of hydrogen-bond acceptors (Lipinski definition) is 0. The first-order chi connectivity index (χ1) is 5.70. The molecule has 74 valence electrons. The maximum absolute atomic E-state index is 2.39. The zero-order valence-corrected chi connectivity index (χ0v) is 9.40. The minimum Gasteiger partial charge on any atom is -0.0654 e. The monoisotopic (exact) mass is 170 g/mol. The fourth-order valence-corrected chi connectivity index (χ4v) is 1.84. The summed E-state index contributed by atoms with van der Waals surface area (Å²) in [6, 6.07) is 0. The molecular formula is C12H26. The van der Waals surface area contributed by atoms with E-state index in [1.165, 1.54) is 38.5 Å². The predicted molar refractivity (Wildman–Crippen MR) is 57.4 cm³/mol. The van der Waals surface area contributed by atoms with Gasteiger partial charge in [-0.3, -0.25) is 0 Å². The van der Waals surface area contributed by atoms with Crippen molar-refractivity contribution in [2.24, 2.45) is 11.8 Å². The van der Waals surface area contributed by atoms with E-state index >= 15 is 0 Å². The van der Waals surface area contributed by atoms with Crippen LogP contribution in [0.2, 0.25) is 0 Å². The van der Waals surface area contributed by atoms with Crippen LogP contribution in [0.3, 0.4) is 0 Å². The van der Waals surface area contributed by atoms with Crippen molar-refractivity contribution < 1.29 is 0 Å². The van der Waals surface area contributed by atoms with E-state index in [0.717, 1.165) is 11.8 Å². The first kappa shape index (κ1) is 12.0. The summed E-state index contributed by atoms with van der Waals surface area (Å²) in [5.74, 6) is 1.91. The summed E-state index contributed by atoms with van der Waals surface area (Å²) in [6.45, 7) is 9.35. The van der Waals surface area contributed by atoms with Gasteiger partial charge in [0.05, 0.1) is 0 Å². The van der Waals surface area contributed by atoms with Gasteiger partial charge >= 0.3 is 0 Å². The molecule has 0 spiro atoms. The van der Waals surface area contributed by atoms with Crippen LogP contribution in [0.15, 0.2) is 0 Å². The standard InChI is InChI=1S/C12H26/c1-5-7-11(3)9-10-12(4)8-6-2/h11-12H,5-10H2,1-4H3/t11-,12+. The van der Waals surface area contributed by atoms with Crippen molar-refractivity contribution in [3.05, 3.63) is 0 Å². The Balaban J connectivity index is 3.27. The maximum Gasteiger partial charge on any atom is -0.0443 e. The van der Waals surface area contributed by atoms with Crippen molar-refractivity contribution in [2.75, 3.05) is 0 Å². The van der Waals surface area contributed by atoms with E-state index in [1.54, 1.807) is 0 Å². The van der Waals surface area contributed by atoms with Crippen LogP contribution in [0.1, 0.15) is 66.2 Å². The predicted octanol–water partition coefficient (Wildman–Crippen LogP) is 4.64. The van der Waals surface area contributed by atoms with Crippen molar-refractivity contribution >= 4 is 0 Å². The Morgan fingerprint density at radius 3 is 1.25 bits per heavy atom. The van der Waals surface area contributed by atoms with Crippen LogP contribution in [0.5, 0.6) is 0 Å². The topological polar surface area (TPSA) is 0 Å². The van der Waals surface area contributed by atoms with Crippen LogP contribution >= 0.6 is 0 Å². The SMILES string of the molecule is CCC[C@@H](C)CC[C@@H](C)CCC. The molecule has 0 amide bonds. The van der Waals surface area contributed by atoms with Crippen LogP contribution in [0.4, 0.5) is 0 Å². The molecule has 0 aliphatic heterocycles. The Kier molecular flexibility index (Phi) is 7.64. The summed E-state index contributed by atoms with van der Waals surface area (Å²) >= 11 is 0. The van der Waals surface area contributed by atoms with E-state index in [0.29, 0.717) is 0 Å². The molecule has 0 bridgehead atoms. The lowest BCUT2D eigenvalue weighted by molar-refractivity contribution is 0.393. The van der Waals surface area contributed by atoms with E-state index in [4.69, 9.17) is 0 Å². The maximum atomic E-state index is 2.39. The molecule has 0 nitrogen and oxygen atoms in total. The first-order valence-electron chi connectivity index (χ1n) is 5.70. The highest BCUT2D eigenvalue weighted by atomic mass is 14.1. The Morgan fingerprint density at radius 2 is 1.00 bits per heavy atom. The fraction of sp³-hybridized carbons (Fsp3) is 1.00. The van der Waals surface area contributed by atoms with Gasteiger partial charge < -0.3 is 0 Å². The lowest BCUT2D eigenvalue weighted by atomic mass is 9.93. The Labute approximate surface area is 78.8 Å². The van der Waals surface area contributed by atoms with Gasteiger partial charge in [0.25, 0.3) is 0 Å². The molecule has 0 fully saturated rings. The molecule has 2 atom stereocenters. The third-order valence-electron chi connectivity index (χ3n) is 2.72. The highest BCUT2D eigenvalue weighted by Crippen LogP contribution is 2.19. The summed E-state index contributed by atoms with van der Waals surface area (Å²) in [4.78, 5) is 0. The molecule has 0 saturated carbocycles. The van der Waals surface area contributed by atoms with Gasteiger partial charge in [-0.1, -0.05) is 66.2 Å². The minimum absolute atomic E-state index is 0.953. The lowest BCUT2D eigenvalue weighted by Gasteiger charge is -2.13. The molecule has 0 heteroatoms. The molecule has 12 heavy (non-hydrogen) atoms. The van der Waals surface area contributed by atoms with Gasteiger partial charge in [-0.25, -0.2) is 0 Å². The average molecular weight is 170 g/mol. The molecule has 0 aromatic carbocycles. The van der Waals surface area contributed by atoms with Crippen LogP contribution in [0, 0.1) is 11.8 Å². The first-order valence-corrected chi connectivity index (χ1v) is 5.70. The van der Waals surface area contributed by atoms with Crippen molar-refractivity contribution in [1.29, 1.82) is 0 Å². The Morgan fingerprint density at radius 1 is 0.667 bits per heavy atom. The third kappa shape index (κ3) is 6.69. The van der Waals surface area contributed by atoms with Crippen molar-refractivity contribution in [2.45, 2.75) is 66.2 Å². The van der Waals surface area contributed by atoms with Crippen LogP contribution < -0.4 is 0 Å². The zero-order chi connectivity index (χ0) is 9.40. The van der Waals surface area contributed by atoms with E-state index in [1.807, 2.05) is 0 Å². The molecule has 0 saturated heterocycles. The van der Waals surface area contributed by atoms with Crippen molar-refractivity contribution in [3.63, 3.8) is 0 Å². The summed E-state index contributed by atoms with van der Waals surface area (Å²) in [5, 5.41) is 0. The van der Waals surface area contributed by atoms with Gasteiger partial charge in [-0.05, 0) is 11.8 Å². The van der Waals surface area contributed by atoms with Gasteiger partial charge in [-0.2, -0.15) is 0 Å². The van der Waals surface area contributed by atoms with Crippen LogP contribution in [0.25, 0.3) is 0 Å². The summed E-state index contributed by atoms with van der Waals surface area (Å²) < 4.78 is 0. The van der Waals surface area contributed by atoms with Crippen molar-refractivity contribution in [3.8, 4) is 0 Å². The summed E-state index contributed by atoms with van der Waals surface area (Å²) in [7, 11) is 0. The lowest BCUT2D eigenvalue weighted by Crippen LogP contribution is -1.99. The summed E-state index contributed by atoms with van der Waals surface area (Å²) in [5.41, 5.74) is 0. The van der Waals surface area contributed by atoms with Crippen molar-refractivity contribution in [1.82, 2.24) is 0 Å². The molecule has 0 N–H and O–H groups in total. The zero-order valence-electron chi connectivity index (χ0n) is 9.40. The molecule has 0 heterocycles. The highest BCUT2D eigenvalue weighted by molar-refractivity contribution is 4.57. The second kappa shape index (κ2) is 7.64. The van der Waals surface area contributed by atoms with Gasteiger partial charge in [0, 0.05) is 0 Å². The molecule has 0 unspecified atom stereocenters. The quantitative estimate of drug-likeness (QED) is 0.522. The van der Waals surface area contributed by atoms with Crippen LogP contribution in [-0.2, 0) is 0 Å². The van der Waals surface area contributed by atoms with Gasteiger partial charge in [0.1, 0.15) is 0 Å². The molecule has 0 aliphatic carbocycles. The minimum atomic E-state index is 0.953. The van der Waals surface area contributed by atoms with Gasteiger partial charge in [0.15, 0.2) is 0 Å². The van der Waals surface area contributed by atoms with E-state index < -0.39 is 0 Å². The molecular weight excluding hydrogens is 144 g/mol. The van der Waals surface area contributed by atoms with E-state index in [9.17, 15) is 0 Å². The van der Waals surface area contributed by atoms with Crippen LogP contribution in [-0.4, -0.2) is 0 Å². The average Bonchev–Trinajstić information content (AvgIpc) is 2.02. The Bertz CT molecular complexity index is 74.0. The highest BCUT2D eigenvalue weighted by Gasteiger charge is 2.04. The molecule has 0 aromatic rings. The van der Waals surface area contributed by atoms with E-state index in [-0.39, 0.29) is 0 Å². The van der Waals surface area contributed by atoms with E-state index in [2.05, 4.69) is 27.7 Å². The van der Waals surface area contributed by atoms with Gasteiger partial charge in [-0.15, -0.1) is 0 Å². The largest absolute Gasteiger partial charge is 0.0654 e. The number of hydrogen-bond donors (Lipinski definition) is 0. The normalized spacial score (nSPS) is 16.0. The Hall–Kier alpha value is 0.